The van der Waals surface area contributed by atoms with Crippen LogP contribution in [0, 0.1) is 5.82 Å². The van der Waals surface area contributed by atoms with Gasteiger partial charge in [-0.05, 0) is 86.4 Å². The summed E-state index contributed by atoms with van der Waals surface area (Å²) in [5.74, 6) is 0.103. The average Bonchev–Trinajstić information content (AvgIpc) is 3.78. The molecule has 10 heteroatoms. The molecule has 2 aromatic carbocycles. The van der Waals surface area contributed by atoms with Crippen molar-refractivity contribution in [3.8, 4) is 23.0 Å². The predicted molar refractivity (Wildman–Crippen MR) is 174 cm³/mol. The summed E-state index contributed by atoms with van der Waals surface area (Å²) in [7, 11) is 0. The van der Waals surface area contributed by atoms with Crippen LogP contribution in [-0.4, -0.2) is 80.5 Å². The van der Waals surface area contributed by atoms with Crippen molar-refractivity contribution in [1.29, 1.82) is 0 Å². The van der Waals surface area contributed by atoms with Crippen molar-refractivity contribution in [2.45, 2.75) is 94.0 Å². The predicted octanol–water partition coefficient (Wildman–Crippen LogP) is 6.07. The van der Waals surface area contributed by atoms with Crippen molar-refractivity contribution < 1.29 is 18.6 Å². The van der Waals surface area contributed by atoms with E-state index in [1.54, 1.807) is 18.3 Å². The summed E-state index contributed by atoms with van der Waals surface area (Å²) in [6.07, 6.45) is 9.42. The summed E-state index contributed by atoms with van der Waals surface area (Å²) in [5.41, 5.74) is 0.311. The Morgan fingerprint density at radius 3 is 2.76 bits per heavy atom. The molecule has 2 N–H and O–H groups in total. The van der Waals surface area contributed by atoms with Crippen LogP contribution in [0.3, 0.4) is 0 Å². The van der Waals surface area contributed by atoms with Gasteiger partial charge >= 0.3 is 6.01 Å². The van der Waals surface area contributed by atoms with Gasteiger partial charge in [0.2, 0.25) is 0 Å². The zero-order chi connectivity index (χ0) is 31.2. The molecular weight excluding hydrogens is 586 g/mol. The van der Waals surface area contributed by atoms with Gasteiger partial charge in [0.25, 0.3) is 0 Å². The number of phenols is 1. The van der Waals surface area contributed by atoms with E-state index < -0.39 is 11.5 Å². The third-order valence-electron chi connectivity index (χ3n) is 11.6. The summed E-state index contributed by atoms with van der Waals surface area (Å²) in [4.78, 5) is 18.9. The number of aromatic hydroxyl groups is 1. The molecule has 5 aliphatic rings. The van der Waals surface area contributed by atoms with Crippen LogP contribution in [0.1, 0.15) is 63.9 Å². The van der Waals surface area contributed by atoms with Gasteiger partial charge in [-0.1, -0.05) is 25.1 Å². The second-order valence-electron chi connectivity index (χ2n) is 14.3. The number of nitrogens with zero attached hydrogens (tertiary/aromatic N) is 5. The summed E-state index contributed by atoms with van der Waals surface area (Å²) in [6.45, 7) is 4.74. The fourth-order valence-electron chi connectivity index (χ4n) is 9.70. The molecule has 5 fully saturated rings. The zero-order valence-electron chi connectivity index (χ0n) is 26.2. The first-order valence-corrected chi connectivity index (χ1v) is 17.0. The molecule has 9 rings (SSSR count). The number of pyridine rings is 1. The van der Waals surface area contributed by atoms with Crippen molar-refractivity contribution in [1.82, 2.24) is 25.2 Å². The fraction of sp³-hybridized carbons (Fsp3) is 0.528. The minimum absolute atomic E-state index is 0.0424. The van der Waals surface area contributed by atoms with E-state index in [9.17, 15) is 5.11 Å². The highest BCUT2D eigenvalue weighted by atomic mass is 19.1. The highest BCUT2D eigenvalue weighted by Gasteiger charge is 2.63. The van der Waals surface area contributed by atoms with Crippen LogP contribution in [-0.2, 0) is 6.42 Å². The Kier molecular flexibility index (Phi) is 6.49. The van der Waals surface area contributed by atoms with Gasteiger partial charge in [0.15, 0.2) is 5.82 Å². The molecule has 4 aliphatic heterocycles. The molecule has 240 valence electrons. The molecule has 0 spiro atoms. The number of alkyl halides is 1. The largest absolute Gasteiger partial charge is 0.508 e. The number of hydrogen-bond acceptors (Lipinski definition) is 8. The number of anilines is 1. The summed E-state index contributed by atoms with van der Waals surface area (Å²) in [5, 5.41) is 16.5. The van der Waals surface area contributed by atoms with E-state index in [1.807, 2.05) is 18.2 Å². The molecule has 1 saturated carbocycles. The smallest absolute Gasteiger partial charge is 0.319 e. The number of halogens is 2. The molecular formula is C36H40F2N6O2. The van der Waals surface area contributed by atoms with Gasteiger partial charge in [-0.2, -0.15) is 9.97 Å². The Morgan fingerprint density at radius 1 is 1.09 bits per heavy atom. The first-order chi connectivity index (χ1) is 22.3. The van der Waals surface area contributed by atoms with E-state index in [0.29, 0.717) is 41.7 Å². The van der Waals surface area contributed by atoms with Gasteiger partial charge in [0.1, 0.15) is 35.1 Å². The number of fused-ring (bicyclic) bond motifs is 7. The first-order valence-electron chi connectivity index (χ1n) is 17.0. The van der Waals surface area contributed by atoms with Crippen LogP contribution in [0.2, 0.25) is 0 Å². The number of aryl methyl sites for hydroxylation is 1. The number of nitrogens with one attached hydrogen (secondary N) is 1. The van der Waals surface area contributed by atoms with E-state index >= 15 is 8.78 Å². The lowest BCUT2D eigenvalue weighted by Crippen LogP contribution is -2.51. The van der Waals surface area contributed by atoms with Crippen LogP contribution >= 0.6 is 0 Å². The molecule has 2 bridgehead atoms. The lowest BCUT2D eigenvalue weighted by Gasteiger charge is -2.35. The van der Waals surface area contributed by atoms with E-state index in [0.717, 1.165) is 80.9 Å². The number of hydrogen-bond donors (Lipinski definition) is 2. The molecule has 4 aromatic rings. The van der Waals surface area contributed by atoms with Crippen LogP contribution in [0.15, 0.2) is 36.5 Å². The molecule has 4 saturated heterocycles. The number of aromatic nitrogens is 3. The number of phenolic OH excluding ortho intramolecular Hbond substituents is 1. The number of piperazine rings is 1. The maximum Gasteiger partial charge on any atom is 0.319 e. The van der Waals surface area contributed by atoms with Crippen molar-refractivity contribution >= 4 is 27.5 Å². The second kappa shape index (κ2) is 10.4. The average molecular weight is 627 g/mol. The normalized spacial score (nSPS) is 30.4. The highest BCUT2D eigenvalue weighted by Crippen LogP contribution is 2.55. The Morgan fingerprint density at radius 2 is 1.93 bits per heavy atom. The van der Waals surface area contributed by atoms with Crippen molar-refractivity contribution in [2.24, 2.45) is 0 Å². The van der Waals surface area contributed by atoms with Gasteiger partial charge in [-0.3, -0.25) is 9.88 Å². The van der Waals surface area contributed by atoms with Gasteiger partial charge in [0, 0.05) is 49.4 Å². The lowest BCUT2D eigenvalue weighted by molar-refractivity contribution is 0.0811. The summed E-state index contributed by atoms with van der Waals surface area (Å²) >= 11 is 0. The van der Waals surface area contributed by atoms with Crippen LogP contribution in [0.25, 0.3) is 32.9 Å². The molecule has 6 heterocycles. The van der Waals surface area contributed by atoms with Gasteiger partial charge < -0.3 is 20.1 Å². The third-order valence-corrected chi connectivity index (χ3v) is 11.6. The summed E-state index contributed by atoms with van der Waals surface area (Å²) in [6, 6.07) is 9.96. The Labute approximate surface area is 267 Å². The Bertz CT molecular complexity index is 1860. The number of rotatable bonds is 6. The maximum atomic E-state index is 16.9. The van der Waals surface area contributed by atoms with Crippen molar-refractivity contribution in [3.63, 3.8) is 0 Å². The number of ether oxygens (including phenoxy) is 1. The minimum atomic E-state index is -1.16. The van der Waals surface area contributed by atoms with Gasteiger partial charge in [-0.25, -0.2) is 8.78 Å². The Balaban J connectivity index is 1.16. The van der Waals surface area contributed by atoms with E-state index in [4.69, 9.17) is 14.7 Å². The molecule has 8 nitrogen and oxygen atoms in total. The Hall–Kier alpha value is -3.63. The van der Waals surface area contributed by atoms with Crippen molar-refractivity contribution in [2.75, 3.05) is 31.1 Å². The molecule has 2 aromatic heterocycles. The summed E-state index contributed by atoms with van der Waals surface area (Å²) < 4.78 is 39.4. The maximum absolute atomic E-state index is 16.9. The molecule has 46 heavy (non-hydrogen) atoms. The van der Waals surface area contributed by atoms with Gasteiger partial charge in [0.05, 0.1) is 10.9 Å². The standard InChI is InChI=1S/C36H40F2N6O2/c1-2-21-6-3-7-22-14-25(45)15-26(29(21)22)31-30(37)32-27(16-39-31)33(43-17-23-9-10-24(18-43)40-23)42-34(41-32)46-20-35-11-5-13-44(35)28-8-4-12-36(28,38)19-35/h3,6-7,14-16,23-24,28,40,45H,2,4-5,8-13,17-20H2,1H3/t23?,24?,28-,35-,36+/m1/s1. The molecule has 5 atom stereocenters. The van der Waals surface area contributed by atoms with Crippen LogP contribution in [0.4, 0.5) is 14.6 Å². The zero-order valence-corrected chi connectivity index (χ0v) is 26.2. The van der Waals surface area contributed by atoms with E-state index in [1.165, 1.54) is 0 Å². The molecule has 2 unspecified atom stereocenters. The van der Waals surface area contributed by atoms with Crippen molar-refractivity contribution in [3.05, 3.63) is 47.9 Å². The first kappa shape index (κ1) is 28.6. The SMILES string of the molecule is CCc1cccc2cc(O)cc(-c3ncc4c(N5CC6CCC(C5)N6)nc(OC[C@]56CCCN5[C@@H]5CCC[C@]5(F)C6)nc4c3F)c12. The number of benzene rings is 2. The second-order valence-corrected chi connectivity index (χ2v) is 14.3. The lowest BCUT2D eigenvalue weighted by atomic mass is 9.88. The van der Waals surface area contributed by atoms with Crippen LogP contribution < -0.4 is 15.0 Å². The quantitative estimate of drug-likeness (QED) is 0.267. The van der Waals surface area contributed by atoms with E-state index in [-0.39, 0.29) is 41.2 Å². The fourth-order valence-corrected chi connectivity index (χ4v) is 9.70. The topological polar surface area (TPSA) is 86.6 Å². The highest BCUT2D eigenvalue weighted by molar-refractivity contribution is 6.01. The van der Waals surface area contributed by atoms with Gasteiger partial charge in [-0.15, -0.1) is 0 Å². The molecule has 0 radical (unpaired) electrons. The van der Waals surface area contributed by atoms with Crippen LogP contribution in [0.5, 0.6) is 11.8 Å². The minimum Gasteiger partial charge on any atom is -0.508 e. The third kappa shape index (κ3) is 4.32. The molecule has 0 amide bonds. The monoisotopic (exact) mass is 626 g/mol. The van der Waals surface area contributed by atoms with E-state index in [2.05, 4.69) is 27.0 Å². The molecule has 1 aliphatic carbocycles.